The Labute approximate surface area is 116 Å². The van der Waals surface area contributed by atoms with Crippen LogP contribution >= 0.6 is 11.6 Å². The Balaban J connectivity index is 2.95. The maximum absolute atomic E-state index is 12.1. The summed E-state index contributed by atoms with van der Waals surface area (Å²) in [6, 6.07) is 4.12. The molecule has 19 heavy (non-hydrogen) atoms. The van der Waals surface area contributed by atoms with Gasteiger partial charge in [0.1, 0.15) is 5.60 Å². The smallest absolute Gasteiger partial charge is 0.335 e. The van der Waals surface area contributed by atoms with Crippen molar-refractivity contribution < 1.29 is 19.4 Å². The second-order valence-electron chi connectivity index (χ2n) is 4.24. The lowest BCUT2D eigenvalue weighted by molar-refractivity contribution is -0.136. The lowest BCUT2D eigenvalue weighted by Crippen LogP contribution is -2.41. The fraction of sp³-hybridized carbons (Fsp3) is 0.385. The monoisotopic (exact) mass is 285 g/mol. The van der Waals surface area contributed by atoms with Crippen molar-refractivity contribution in [3.8, 4) is 0 Å². The van der Waals surface area contributed by atoms with Crippen molar-refractivity contribution in [3.05, 3.63) is 28.8 Å². The minimum Gasteiger partial charge on any atom is -0.478 e. The SMILES string of the molecule is CCC(C)(OC)C(=O)Nc1ccc(C(=O)O)cc1Cl. The molecular weight excluding hydrogens is 270 g/mol. The van der Waals surface area contributed by atoms with Crippen LogP contribution in [-0.2, 0) is 9.53 Å². The van der Waals surface area contributed by atoms with Gasteiger partial charge in [-0.15, -0.1) is 0 Å². The van der Waals surface area contributed by atoms with Gasteiger partial charge in [-0.1, -0.05) is 18.5 Å². The number of hydrogen-bond acceptors (Lipinski definition) is 3. The van der Waals surface area contributed by atoms with Crippen molar-refractivity contribution in [2.75, 3.05) is 12.4 Å². The zero-order chi connectivity index (χ0) is 14.6. The van der Waals surface area contributed by atoms with Crippen molar-refractivity contribution in [2.45, 2.75) is 25.9 Å². The Morgan fingerprint density at radius 2 is 2.11 bits per heavy atom. The van der Waals surface area contributed by atoms with Gasteiger partial charge in [-0.2, -0.15) is 0 Å². The predicted molar refractivity (Wildman–Crippen MR) is 72.7 cm³/mol. The zero-order valence-electron chi connectivity index (χ0n) is 11.0. The number of aromatic carboxylic acids is 1. The van der Waals surface area contributed by atoms with Gasteiger partial charge < -0.3 is 15.2 Å². The molecule has 0 heterocycles. The standard InChI is InChI=1S/C13H16ClNO4/c1-4-13(2,19-3)12(18)15-10-6-5-8(11(16)17)7-9(10)14/h5-7H,4H2,1-3H3,(H,15,18)(H,16,17). The molecule has 0 radical (unpaired) electrons. The molecule has 1 rings (SSSR count). The van der Waals surface area contributed by atoms with E-state index in [2.05, 4.69) is 5.32 Å². The van der Waals surface area contributed by atoms with Gasteiger partial charge in [0.2, 0.25) is 0 Å². The molecule has 104 valence electrons. The van der Waals surface area contributed by atoms with Crippen LogP contribution in [0, 0.1) is 0 Å². The molecule has 1 atom stereocenters. The number of amides is 1. The van der Waals surface area contributed by atoms with Crippen LogP contribution in [0.3, 0.4) is 0 Å². The third-order valence-corrected chi connectivity index (χ3v) is 3.38. The highest BCUT2D eigenvalue weighted by molar-refractivity contribution is 6.34. The number of carbonyl (C=O) groups is 2. The second-order valence-corrected chi connectivity index (χ2v) is 4.65. The van der Waals surface area contributed by atoms with Crippen molar-refractivity contribution in [1.82, 2.24) is 0 Å². The third-order valence-electron chi connectivity index (χ3n) is 3.07. The maximum Gasteiger partial charge on any atom is 0.335 e. The molecule has 0 bridgehead atoms. The van der Waals surface area contributed by atoms with Crippen LogP contribution in [0.25, 0.3) is 0 Å². The summed E-state index contributed by atoms with van der Waals surface area (Å²) >= 11 is 5.94. The summed E-state index contributed by atoms with van der Waals surface area (Å²) in [6.45, 7) is 3.50. The van der Waals surface area contributed by atoms with Gasteiger partial charge in [0.15, 0.2) is 0 Å². The summed E-state index contributed by atoms with van der Waals surface area (Å²) in [5.74, 6) is -1.41. The average molecular weight is 286 g/mol. The highest BCUT2D eigenvalue weighted by atomic mass is 35.5. The molecule has 1 unspecified atom stereocenters. The fourth-order valence-corrected chi connectivity index (χ4v) is 1.63. The molecule has 0 fully saturated rings. The molecule has 2 N–H and O–H groups in total. The summed E-state index contributed by atoms with van der Waals surface area (Å²) in [5.41, 5.74) is -0.532. The number of carboxylic acids is 1. The fourth-order valence-electron chi connectivity index (χ4n) is 1.40. The Morgan fingerprint density at radius 1 is 1.47 bits per heavy atom. The lowest BCUT2D eigenvalue weighted by atomic mass is 10.0. The molecule has 0 aliphatic carbocycles. The quantitative estimate of drug-likeness (QED) is 0.872. The van der Waals surface area contributed by atoms with E-state index in [1.54, 1.807) is 6.92 Å². The minimum atomic E-state index is -1.07. The Hall–Kier alpha value is -1.59. The molecule has 0 aromatic heterocycles. The van der Waals surface area contributed by atoms with E-state index in [1.807, 2.05) is 6.92 Å². The second kappa shape index (κ2) is 6.04. The Morgan fingerprint density at radius 3 is 2.53 bits per heavy atom. The molecule has 0 aliphatic rings. The number of ether oxygens (including phenoxy) is 1. The first-order valence-electron chi connectivity index (χ1n) is 5.73. The van der Waals surface area contributed by atoms with Crippen molar-refractivity contribution >= 4 is 29.2 Å². The zero-order valence-corrected chi connectivity index (χ0v) is 11.7. The molecular formula is C13H16ClNO4. The van der Waals surface area contributed by atoms with Crippen LogP contribution in [0.2, 0.25) is 5.02 Å². The van der Waals surface area contributed by atoms with Crippen molar-refractivity contribution in [2.24, 2.45) is 0 Å². The van der Waals surface area contributed by atoms with E-state index in [4.69, 9.17) is 21.4 Å². The first kappa shape index (κ1) is 15.5. The minimum absolute atomic E-state index is 0.0630. The van der Waals surface area contributed by atoms with E-state index in [-0.39, 0.29) is 16.5 Å². The molecule has 0 spiro atoms. The van der Waals surface area contributed by atoms with Gasteiger partial charge in [0.25, 0.3) is 5.91 Å². The van der Waals surface area contributed by atoms with Gasteiger partial charge in [-0.3, -0.25) is 4.79 Å². The number of rotatable bonds is 5. The number of hydrogen-bond donors (Lipinski definition) is 2. The number of halogens is 1. The van der Waals surface area contributed by atoms with Gasteiger partial charge >= 0.3 is 5.97 Å². The van der Waals surface area contributed by atoms with Gasteiger partial charge in [-0.05, 0) is 31.5 Å². The van der Waals surface area contributed by atoms with E-state index >= 15 is 0 Å². The topological polar surface area (TPSA) is 75.6 Å². The molecule has 1 aromatic carbocycles. The maximum atomic E-state index is 12.1. The van der Waals surface area contributed by atoms with Crippen LogP contribution in [0.4, 0.5) is 5.69 Å². The summed E-state index contributed by atoms with van der Waals surface area (Å²) in [4.78, 5) is 22.8. The van der Waals surface area contributed by atoms with Crippen LogP contribution in [0.5, 0.6) is 0 Å². The molecule has 0 saturated heterocycles. The highest BCUT2D eigenvalue weighted by Crippen LogP contribution is 2.25. The number of anilines is 1. The summed E-state index contributed by atoms with van der Waals surface area (Å²) < 4.78 is 5.17. The number of nitrogens with one attached hydrogen (secondary N) is 1. The number of benzene rings is 1. The molecule has 0 saturated carbocycles. The molecule has 0 aliphatic heterocycles. The Bertz CT molecular complexity index is 497. The van der Waals surface area contributed by atoms with E-state index in [9.17, 15) is 9.59 Å². The van der Waals surface area contributed by atoms with Crippen molar-refractivity contribution in [3.63, 3.8) is 0 Å². The normalized spacial score (nSPS) is 13.7. The molecule has 5 nitrogen and oxygen atoms in total. The van der Waals surface area contributed by atoms with E-state index < -0.39 is 11.6 Å². The third kappa shape index (κ3) is 3.45. The van der Waals surface area contributed by atoms with Crippen LogP contribution in [0.1, 0.15) is 30.6 Å². The van der Waals surface area contributed by atoms with E-state index in [0.29, 0.717) is 12.1 Å². The first-order valence-corrected chi connectivity index (χ1v) is 6.11. The van der Waals surface area contributed by atoms with Gasteiger partial charge in [-0.25, -0.2) is 4.79 Å². The molecule has 1 aromatic rings. The van der Waals surface area contributed by atoms with Gasteiger partial charge in [0.05, 0.1) is 16.3 Å². The highest BCUT2D eigenvalue weighted by Gasteiger charge is 2.31. The van der Waals surface area contributed by atoms with Crippen LogP contribution in [0.15, 0.2) is 18.2 Å². The molecule has 6 heteroatoms. The predicted octanol–water partition coefficient (Wildman–Crippen LogP) is 2.79. The van der Waals surface area contributed by atoms with Crippen molar-refractivity contribution in [1.29, 1.82) is 0 Å². The van der Waals surface area contributed by atoms with Crippen LogP contribution in [-0.4, -0.2) is 29.7 Å². The lowest BCUT2D eigenvalue weighted by Gasteiger charge is -2.25. The van der Waals surface area contributed by atoms with Gasteiger partial charge in [0, 0.05) is 7.11 Å². The number of methoxy groups -OCH3 is 1. The summed E-state index contributed by atoms with van der Waals surface area (Å²) in [7, 11) is 1.46. The number of carboxylic acid groups (broad SMARTS) is 1. The summed E-state index contributed by atoms with van der Waals surface area (Å²) in [6.07, 6.45) is 0.500. The van der Waals surface area contributed by atoms with E-state index in [1.165, 1.54) is 25.3 Å². The molecule has 1 amide bonds. The first-order chi connectivity index (χ1) is 8.84. The summed E-state index contributed by atoms with van der Waals surface area (Å²) in [5, 5.41) is 11.6. The number of carbonyl (C=O) groups excluding carboxylic acids is 1. The van der Waals surface area contributed by atoms with Crippen LogP contribution < -0.4 is 5.32 Å². The average Bonchev–Trinajstić information content (AvgIpc) is 2.39. The Kier molecular flexibility index (Phi) is 4.91. The van der Waals surface area contributed by atoms with E-state index in [0.717, 1.165) is 0 Å². The largest absolute Gasteiger partial charge is 0.478 e.